The average Bonchev–Trinajstić information content (AvgIpc) is 3.27. The molecule has 1 aromatic rings. The number of carbonyl (C=O) groups excluding carboxylic acids is 1. The van der Waals surface area contributed by atoms with Gasteiger partial charge in [0.05, 0.1) is 11.4 Å². The van der Waals surface area contributed by atoms with E-state index in [0.29, 0.717) is 63.6 Å². The van der Waals surface area contributed by atoms with Gasteiger partial charge in [-0.1, -0.05) is 13.8 Å². The summed E-state index contributed by atoms with van der Waals surface area (Å²) in [5, 5.41) is 12.0. The van der Waals surface area contributed by atoms with Gasteiger partial charge in [-0.25, -0.2) is 8.42 Å². The molecule has 180 valence electrons. The molecule has 1 aliphatic carbocycles. The number of sulfonamides is 1. The topological polar surface area (TPSA) is 110 Å². The van der Waals surface area contributed by atoms with E-state index in [-0.39, 0.29) is 16.1 Å². The maximum atomic E-state index is 13.5. The Morgan fingerprint density at radius 2 is 1.79 bits per heavy atom. The number of rotatable bonds is 2. The Morgan fingerprint density at radius 1 is 1.06 bits per heavy atom. The highest BCUT2D eigenvalue weighted by Gasteiger charge is 2.53. The minimum Gasteiger partial charge on any atom is -0.486 e. The third kappa shape index (κ3) is 3.22. The predicted octanol–water partition coefficient (Wildman–Crippen LogP) is 3.15. The Hall–Kier alpha value is -2.72. The predicted molar refractivity (Wildman–Crippen MR) is 123 cm³/mol. The first-order valence-corrected chi connectivity index (χ1v) is 13.2. The number of benzene rings is 1. The average molecular weight is 485 g/mol. The fraction of sp³-hybridized carbons (Fsp3) is 0.542. The number of azo groups is 1. The Labute approximate surface area is 198 Å². The molecule has 0 unspecified atom stereocenters. The lowest BCUT2D eigenvalue weighted by Gasteiger charge is -2.48. The monoisotopic (exact) mass is 484 g/mol. The first-order valence-electron chi connectivity index (χ1n) is 11.7. The molecule has 1 saturated heterocycles. The SMILES string of the molecule is CC1(C)CC(=O)C2=C(C1)NC1=C(CN=N1)C21CCN(S(=O)(=O)c2ccc3c(c2)OCCO3)CC1. The van der Waals surface area contributed by atoms with Crippen molar-refractivity contribution < 1.29 is 22.7 Å². The van der Waals surface area contributed by atoms with Crippen molar-refractivity contribution in [3.63, 3.8) is 0 Å². The number of hydrogen-bond donors (Lipinski definition) is 1. The van der Waals surface area contributed by atoms with E-state index in [2.05, 4.69) is 29.4 Å². The normalized spacial score (nSPS) is 25.3. The molecule has 1 N–H and O–H groups in total. The lowest BCUT2D eigenvalue weighted by atomic mass is 9.60. The van der Waals surface area contributed by atoms with Gasteiger partial charge in [0, 0.05) is 47.8 Å². The van der Waals surface area contributed by atoms with Crippen LogP contribution in [-0.4, -0.2) is 51.4 Å². The van der Waals surface area contributed by atoms with Crippen molar-refractivity contribution in [3.8, 4) is 11.5 Å². The zero-order valence-electron chi connectivity index (χ0n) is 19.4. The fourth-order valence-corrected chi connectivity index (χ4v) is 7.52. The van der Waals surface area contributed by atoms with E-state index >= 15 is 0 Å². The number of ether oxygens (including phenoxy) is 2. The Bertz CT molecular complexity index is 1290. The summed E-state index contributed by atoms with van der Waals surface area (Å²) < 4.78 is 39.6. The van der Waals surface area contributed by atoms with Gasteiger partial charge in [0.1, 0.15) is 13.2 Å². The minimum absolute atomic E-state index is 0.125. The van der Waals surface area contributed by atoms with Crippen molar-refractivity contribution in [1.29, 1.82) is 0 Å². The zero-order valence-corrected chi connectivity index (χ0v) is 20.2. The number of fused-ring (bicyclic) bond motifs is 3. The third-order valence-corrected chi connectivity index (χ3v) is 9.51. The van der Waals surface area contributed by atoms with E-state index in [0.717, 1.165) is 29.1 Å². The first-order chi connectivity index (χ1) is 16.2. The summed E-state index contributed by atoms with van der Waals surface area (Å²) in [6, 6.07) is 4.76. The Kier molecular flexibility index (Phi) is 4.73. The summed E-state index contributed by atoms with van der Waals surface area (Å²) in [7, 11) is -3.72. The van der Waals surface area contributed by atoms with Crippen molar-refractivity contribution in [2.75, 3.05) is 32.8 Å². The molecule has 0 bridgehead atoms. The van der Waals surface area contributed by atoms with Gasteiger partial charge in [-0.05, 0) is 36.8 Å². The van der Waals surface area contributed by atoms with Crippen molar-refractivity contribution in [1.82, 2.24) is 9.62 Å². The summed E-state index contributed by atoms with van der Waals surface area (Å²) in [4.78, 5) is 13.6. The van der Waals surface area contributed by atoms with Crippen LogP contribution in [0.1, 0.15) is 39.5 Å². The summed E-state index contributed by atoms with van der Waals surface area (Å²) >= 11 is 0. The summed E-state index contributed by atoms with van der Waals surface area (Å²) in [6.45, 7) is 6.14. The van der Waals surface area contributed by atoms with Crippen LogP contribution in [-0.2, 0) is 14.8 Å². The van der Waals surface area contributed by atoms with Crippen LogP contribution in [0.4, 0.5) is 0 Å². The number of allylic oxidation sites excluding steroid dienone is 2. The second kappa shape index (κ2) is 7.39. The van der Waals surface area contributed by atoms with Crippen LogP contribution < -0.4 is 14.8 Å². The molecular weight excluding hydrogens is 456 g/mol. The van der Waals surface area contributed by atoms with Gasteiger partial charge >= 0.3 is 0 Å². The number of carbonyl (C=O) groups is 1. The van der Waals surface area contributed by atoms with Gasteiger partial charge < -0.3 is 14.8 Å². The van der Waals surface area contributed by atoms with Gasteiger partial charge in [-0.2, -0.15) is 9.42 Å². The van der Waals surface area contributed by atoms with Crippen LogP contribution in [0.2, 0.25) is 0 Å². The van der Waals surface area contributed by atoms with E-state index in [1.54, 1.807) is 18.2 Å². The number of ketones is 1. The summed E-state index contributed by atoms with van der Waals surface area (Å²) in [5.41, 5.74) is 2.15. The summed E-state index contributed by atoms with van der Waals surface area (Å²) in [5.74, 6) is 1.91. The number of dihydropyridines is 1. The number of Topliss-reactive ketones (excluding diaryl/α,β-unsaturated/α-hetero) is 1. The second-order valence-corrected chi connectivity index (χ2v) is 12.4. The molecule has 0 radical (unpaired) electrons. The lowest BCUT2D eigenvalue weighted by molar-refractivity contribution is -0.119. The molecule has 9 nitrogen and oxygen atoms in total. The van der Waals surface area contributed by atoms with Crippen LogP contribution in [0.3, 0.4) is 0 Å². The van der Waals surface area contributed by atoms with Crippen LogP contribution in [0.15, 0.2) is 56.0 Å². The second-order valence-electron chi connectivity index (χ2n) is 10.4. The first kappa shape index (κ1) is 21.8. The minimum atomic E-state index is -3.72. The fourth-order valence-electron chi connectivity index (χ4n) is 6.06. The van der Waals surface area contributed by atoms with Crippen molar-refractivity contribution in [3.05, 3.63) is 40.9 Å². The van der Waals surface area contributed by atoms with E-state index in [9.17, 15) is 13.2 Å². The number of nitrogens with one attached hydrogen (secondary N) is 1. The van der Waals surface area contributed by atoms with E-state index in [1.165, 1.54) is 4.31 Å². The highest BCUT2D eigenvalue weighted by Crippen LogP contribution is 2.55. The molecule has 1 spiro atoms. The number of hydrogen-bond acceptors (Lipinski definition) is 8. The maximum absolute atomic E-state index is 13.5. The van der Waals surface area contributed by atoms with Crippen molar-refractivity contribution >= 4 is 15.8 Å². The highest BCUT2D eigenvalue weighted by atomic mass is 32.2. The molecule has 6 rings (SSSR count). The number of piperidine rings is 1. The molecule has 0 atom stereocenters. The highest BCUT2D eigenvalue weighted by molar-refractivity contribution is 7.89. The molecule has 5 aliphatic rings. The van der Waals surface area contributed by atoms with E-state index < -0.39 is 15.4 Å². The van der Waals surface area contributed by atoms with Crippen LogP contribution >= 0.6 is 0 Å². The Balaban J connectivity index is 1.31. The third-order valence-electron chi connectivity index (χ3n) is 7.61. The van der Waals surface area contributed by atoms with E-state index in [1.807, 2.05) is 0 Å². The largest absolute Gasteiger partial charge is 0.486 e. The number of nitrogens with zero attached hydrogens (tertiary/aromatic N) is 3. The van der Waals surface area contributed by atoms with Gasteiger partial charge in [0.15, 0.2) is 23.1 Å². The standard InChI is InChI=1S/C24H28N4O5S/c1-23(2)12-17-21(18(29)13-23)24(16-14-25-27-22(16)26-17)5-7-28(8-6-24)34(30,31)15-3-4-19-20(11-15)33-10-9-32-19/h3-4,11,26H,5-10,12-14H2,1-2H3. The molecule has 0 saturated carbocycles. The van der Waals surface area contributed by atoms with Crippen molar-refractivity contribution in [2.45, 2.75) is 44.4 Å². The molecule has 4 aliphatic heterocycles. The van der Waals surface area contributed by atoms with Crippen LogP contribution in [0.5, 0.6) is 11.5 Å². The zero-order chi connectivity index (χ0) is 23.7. The lowest BCUT2D eigenvalue weighted by Crippen LogP contribution is -2.50. The molecule has 34 heavy (non-hydrogen) atoms. The van der Waals surface area contributed by atoms with Gasteiger partial charge in [0.25, 0.3) is 0 Å². The van der Waals surface area contributed by atoms with Crippen LogP contribution in [0.25, 0.3) is 0 Å². The smallest absolute Gasteiger partial charge is 0.243 e. The summed E-state index contributed by atoms with van der Waals surface area (Å²) in [6.07, 6.45) is 2.33. The van der Waals surface area contributed by atoms with Gasteiger partial charge in [0.2, 0.25) is 10.0 Å². The van der Waals surface area contributed by atoms with Crippen LogP contribution in [0, 0.1) is 10.8 Å². The molecule has 1 aromatic carbocycles. The maximum Gasteiger partial charge on any atom is 0.243 e. The van der Waals surface area contributed by atoms with E-state index in [4.69, 9.17) is 9.47 Å². The molecule has 1 fully saturated rings. The molecule has 10 heteroatoms. The van der Waals surface area contributed by atoms with Gasteiger partial charge in [-0.15, -0.1) is 5.11 Å². The molecular formula is C24H28N4O5S. The van der Waals surface area contributed by atoms with Crippen molar-refractivity contribution in [2.24, 2.45) is 21.1 Å². The molecule has 0 amide bonds. The van der Waals surface area contributed by atoms with Gasteiger partial charge in [-0.3, -0.25) is 4.79 Å². The molecule has 4 heterocycles. The quantitative estimate of drug-likeness (QED) is 0.691. The molecule has 0 aromatic heterocycles. The Morgan fingerprint density at radius 3 is 2.56 bits per heavy atom.